The number of ether oxygens (including phenoxy) is 1. The van der Waals surface area contributed by atoms with Crippen molar-refractivity contribution in [2.75, 3.05) is 24.5 Å². The normalized spacial score (nSPS) is 19.2. The van der Waals surface area contributed by atoms with Crippen molar-refractivity contribution in [1.82, 2.24) is 14.9 Å². The molecular weight excluding hydrogens is 292 g/mol. The van der Waals surface area contributed by atoms with Gasteiger partial charge in [-0.15, -0.1) is 0 Å². The average molecular weight is 316 g/mol. The number of amides is 1. The number of hydrogen-bond donors (Lipinski definition) is 1. The number of aromatic nitrogens is 2. The minimum atomic E-state index is -0.462. The molecule has 0 unspecified atom stereocenters. The zero-order valence-electron chi connectivity index (χ0n) is 14.2. The minimum Gasteiger partial charge on any atom is -0.444 e. The first-order valence-electron chi connectivity index (χ1n) is 8.03. The molecule has 1 saturated heterocycles. The van der Waals surface area contributed by atoms with Crippen LogP contribution in [0.5, 0.6) is 0 Å². The summed E-state index contributed by atoms with van der Waals surface area (Å²) in [4.78, 5) is 24.2. The third-order valence-corrected chi connectivity index (χ3v) is 3.93. The Hall–Kier alpha value is -2.24. The Balaban J connectivity index is 1.70. The summed E-state index contributed by atoms with van der Waals surface area (Å²) in [6.45, 7) is 9.77. The highest BCUT2D eigenvalue weighted by atomic mass is 16.6. The van der Waals surface area contributed by atoms with Gasteiger partial charge < -0.3 is 19.5 Å². The molecule has 0 radical (unpaired) electrons. The van der Waals surface area contributed by atoms with Gasteiger partial charge in [-0.1, -0.05) is 12.1 Å². The number of imidazole rings is 1. The summed E-state index contributed by atoms with van der Waals surface area (Å²) in [5, 5.41) is 0. The molecule has 6 nitrogen and oxygen atoms in total. The van der Waals surface area contributed by atoms with Gasteiger partial charge in [-0.3, -0.25) is 0 Å². The van der Waals surface area contributed by atoms with Gasteiger partial charge in [0.1, 0.15) is 5.60 Å². The molecule has 2 aromatic rings. The Morgan fingerprint density at radius 3 is 2.70 bits per heavy atom. The predicted molar refractivity (Wildman–Crippen MR) is 90.7 cm³/mol. The summed E-state index contributed by atoms with van der Waals surface area (Å²) in [6.07, 6.45) is -0.242. The van der Waals surface area contributed by atoms with Crippen LogP contribution in [0.1, 0.15) is 27.7 Å². The van der Waals surface area contributed by atoms with Crippen LogP contribution in [0.2, 0.25) is 0 Å². The van der Waals surface area contributed by atoms with E-state index in [2.05, 4.69) is 21.8 Å². The lowest BCUT2D eigenvalue weighted by molar-refractivity contribution is 0.0218. The van der Waals surface area contributed by atoms with Gasteiger partial charge in [-0.25, -0.2) is 9.78 Å². The number of carbonyl (C=O) groups is 1. The van der Waals surface area contributed by atoms with Crippen LogP contribution in [0.4, 0.5) is 10.7 Å². The number of para-hydroxylation sites is 2. The summed E-state index contributed by atoms with van der Waals surface area (Å²) < 4.78 is 5.46. The first-order valence-corrected chi connectivity index (χ1v) is 8.03. The van der Waals surface area contributed by atoms with Gasteiger partial charge in [0.05, 0.1) is 11.0 Å². The van der Waals surface area contributed by atoms with Crippen LogP contribution in [0.3, 0.4) is 0 Å². The molecule has 6 heteroatoms. The van der Waals surface area contributed by atoms with Crippen molar-refractivity contribution in [3.63, 3.8) is 0 Å². The smallest absolute Gasteiger partial charge is 0.410 e. The monoisotopic (exact) mass is 316 g/mol. The molecule has 3 rings (SSSR count). The van der Waals surface area contributed by atoms with Crippen LogP contribution < -0.4 is 4.90 Å². The number of hydrogen-bond acceptors (Lipinski definition) is 4. The van der Waals surface area contributed by atoms with E-state index < -0.39 is 5.60 Å². The minimum absolute atomic E-state index is 0.178. The number of rotatable bonds is 1. The molecule has 1 aliphatic heterocycles. The molecule has 0 spiro atoms. The zero-order chi connectivity index (χ0) is 16.6. The van der Waals surface area contributed by atoms with E-state index >= 15 is 0 Å². The molecule has 1 aromatic heterocycles. The van der Waals surface area contributed by atoms with Gasteiger partial charge in [-0.2, -0.15) is 0 Å². The van der Waals surface area contributed by atoms with Gasteiger partial charge >= 0.3 is 6.09 Å². The lowest BCUT2D eigenvalue weighted by Crippen LogP contribution is -2.54. The molecule has 1 amide bonds. The number of benzene rings is 1. The second-order valence-corrected chi connectivity index (χ2v) is 7.05. The van der Waals surface area contributed by atoms with Crippen molar-refractivity contribution in [1.29, 1.82) is 0 Å². The maximum Gasteiger partial charge on any atom is 0.410 e. The highest BCUT2D eigenvalue weighted by Gasteiger charge is 2.30. The number of aromatic amines is 1. The fraction of sp³-hybridized carbons (Fsp3) is 0.529. The van der Waals surface area contributed by atoms with Gasteiger partial charge in [0, 0.05) is 25.7 Å². The van der Waals surface area contributed by atoms with Crippen molar-refractivity contribution in [2.24, 2.45) is 0 Å². The van der Waals surface area contributed by atoms with Gasteiger partial charge in [0.2, 0.25) is 5.95 Å². The van der Waals surface area contributed by atoms with Crippen LogP contribution in [0.15, 0.2) is 24.3 Å². The first-order chi connectivity index (χ1) is 10.8. The largest absolute Gasteiger partial charge is 0.444 e. The first kappa shape index (κ1) is 15.6. The maximum atomic E-state index is 12.2. The van der Waals surface area contributed by atoms with Crippen molar-refractivity contribution in [2.45, 2.75) is 39.3 Å². The fourth-order valence-electron chi connectivity index (χ4n) is 2.84. The zero-order valence-corrected chi connectivity index (χ0v) is 14.2. The van der Waals surface area contributed by atoms with E-state index in [4.69, 9.17) is 4.74 Å². The van der Waals surface area contributed by atoms with E-state index in [1.807, 2.05) is 45.0 Å². The molecular formula is C17H24N4O2. The summed E-state index contributed by atoms with van der Waals surface area (Å²) in [5.74, 6) is 0.863. The molecule has 124 valence electrons. The quantitative estimate of drug-likeness (QED) is 0.878. The molecule has 0 bridgehead atoms. The summed E-state index contributed by atoms with van der Waals surface area (Å²) in [7, 11) is 0. The summed E-state index contributed by atoms with van der Waals surface area (Å²) in [5.41, 5.74) is 1.53. The van der Waals surface area contributed by atoms with E-state index in [-0.39, 0.29) is 12.1 Å². The molecule has 2 heterocycles. The van der Waals surface area contributed by atoms with E-state index in [9.17, 15) is 4.79 Å². The fourth-order valence-corrected chi connectivity index (χ4v) is 2.84. The lowest BCUT2D eigenvalue weighted by atomic mass is 10.2. The molecule has 1 fully saturated rings. The van der Waals surface area contributed by atoms with Gasteiger partial charge in [-0.05, 0) is 39.8 Å². The molecule has 1 atom stereocenters. The maximum absolute atomic E-state index is 12.2. The van der Waals surface area contributed by atoms with Crippen LogP contribution in [-0.4, -0.2) is 52.2 Å². The van der Waals surface area contributed by atoms with Gasteiger partial charge in [0.25, 0.3) is 0 Å². The van der Waals surface area contributed by atoms with E-state index in [0.29, 0.717) is 13.1 Å². The molecule has 1 aromatic carbocycles. The van der Waals surface area contributed by atoms with Gasteiger partial charge in [0.15, 0.2) is 0 Å². The highest BCUT2D eigenvalue weighted by molar-refractivity contribution is 5.77. The van der Waals surface area contributed by atoms with Crippen LogP contribution in [0.25, 0.3) is 11.0 Å². The number of carbonyl (C=O) groups excluding carboxylic acids is 1. The average Bonchev–Trinajstić information content (AvgIpc) is 2.88. The SMILES string of the molecule is C[C@@H]1CN(C(=O)OC(C)(C)C)CCN1c1nc2ccccc2[nH]1. The Kier molecular flexibility index (Phi) is 3.92. The second-order valence-electron chi connectivity index (χ2n) is 7.05. The molecule has 0 saturated carbocycles. The Labute approximate surface area is 136 Å². The van der Waals surface area contributed by atoms with E-state index in [1.54, 1.807) is 4.90 Å². The highest BCUT2D eigenvalue weighted by Crippen LogP contribution is 2.22. The van der Waals surface area contributed by atoms with Crippen molar-refractivity contribution in [3.8, 4) is 0 Å². The number of piperazine rings is 1. The van der Waals surface area contributed by atoms with Crippen molar-refractivity contribution >= 4 is 23.1 Å². The third-order valence-electron chi connectivity index (χ3n) is 3.93. The van der Waals surface area contributed by atoms with E-state index in [0.717, 1.165) is 23.5 Å². The van der Waals surface area contributed by atoms with Crippen LogP contribution in [0, 0.1) is 0 Å². The van der Waals surface area contributed by atoms with E-state index in [1.165, 1.54) is 0 Å². The third kappa shape index (κ3) is 3.41. The predicted octanol–water partition coefficient (Wildman–Crippen LogP) is 3.01. The van der Waals surface area contributed by atoms with Crippen LogP contribution in [-0.2, 0) is 4.74 Å². The number of fused-ring (bicyclic) bond motifs is 1. The number of H-pyrrole nitrogens is 1. The molecule has 23 heavy (non-hydrogen) atoms. The van der Waals surface area contributed by atoms with Crippen LogP contribution >= 0.6 is 0 Å². The Morgan fingerprint density at radius 2 is 2.04 bits per heavy atom. The molecule has 1 aliphatic rings. The summed E-state index contributed by atoms with van der Waals surface area (Å²) >= 11 is 0. The molecule has 1 N–H and O–H groups in total. The molecule has 0 aliphatic carbocycles. The summed E-state index contributed by atoms with van der Waals surface area (Å²) in [6, 6.07) is 8.17. The number of anilines is 1. The number of nitrogens with one attached hydrogen (secondary N) is 1. The Morgan fingerprint density at radius 1 is 1.30 bits per heavy atom. The number of nitrogens with zero attached hydrogens (tertiary/aromatic N) is 3. The van der Waals surface area contributed by atoms with Crippen molar-refractivity contribution in [3.05, 3.63) is 24.3 Å². The standard InChI is InChI=1S/C17H24N4O2/c1-12-11-20(16(22)23-17(2,3)4)9-10-21(12)15-18-13-7-5-6-8-14(13)19-15/h5-8,12H,9-11H2,1-4H3,(H,18,19)/t12-/m1/s1. The topological polar surface area (TPSA) is 61.5 Å². The Bertz CT molecular complexity index is 671. The lowest BCUT2D eigenvalue weighted by Gasteiger charge is -2.40. The second kappa shape index (κ2) is 5.76. The van der Waals surface area contributed by atoms with Crippen molar-refractivity contribution < 1.29 is 9.53 Å².